The molecule has 1 heteroatoms. The number of allylic oxidation sites excluding steroid dienone is 5. The average Bonchev–Trinajstić information content (AvgIpc) is 2.65. The highest BCUT2D eigenvalue weighted by molar-refractivity contribution is 7.07. The molecule has 0 saturated carbocycles. The molecule has 0 fully saturated rings. The van der Waals surface area contributed by atoms with Crippen LogP contribution in [0.15, 0.2) is 48.4 Å². The van der Waals surface area contributed by atoms with Gasteiger partial charge in [-0.15, -0.1) is 11.3 Å². The van der Waals surface area contributed by atoms with Crippen LogP contribution in [0.5, 0.6) is 0 Å². The Hall–Kier alpha value is -1.34. The van der Waals surface area contributed by atoms with Crippen molar-refractivity contribution in [3.8, 4) is 0 Å². The van der Waals surface area contributed by atoms with E-state index in [1.54, 1.807) is 17.4 Å². The molecule has 1 aromatic rings. The number of hydrogen-bond acceptors (Lipinski definition) is 1. The van der Waals surface area contributed by atoms with Gasteiger partial charge in [0.1, 0.15) is 0 Å². The van der Waals surface area contributed by atoms with Crippen LogP contribution in [0.25, 0.3) is 12.2 Å². The Morgan fingerprint density at radius 2 is 2.00 bits per heavy atom. The van der Waals surface area contributed by atoms with E-state index in [2.05, 4.69) is 37.1 Å². The lowest BCUT2D eigenvalue weighted by molar-refractivity contribution is 1.68. The Morgan fingerprint density at radius 1 is 1.21 bits per heavy atom. The van der Waals surface area contributed by atoms with Crippen LogP contribution in [0.3, 0.4) is 0 Å². The molecule has 0 aliphatic carbocycles. The van der Waals surface area contributed by atoms with E-state index in [4.69, 9.17) is 0 Å². The molecule has 0 spiro atoms. The molecule has 0 bridgehead atoms. The summed E-state index contributed by atoms with van der Waals surface area (Å²) in [7, 11) is 0. The van der Waals surface area contributed by atoms with Crippen LogP contribution in [-0.2, 0) is 0 Å². The van der Waals surface area contributed by atoms with E-state index in [-0.39, 0.29) is 0 Å². The average molecular weight is 202 g/mol. The largest absolute Gasteiger partial charge is 0.144 e. The van der Waals surface area contributed by atoms with Crippen molar-refractivity contribution in [2.75, 3.05) is 0 Å². The second-order valence-corrected chi connectivity index (χ2v) is 3.65. The Morgan fingerprint density at radius 3 is 2.71 bits per heavy atom. The fraction of sp³-hybridized carbons (Fsp3) is 0.0769. The number of thiophene rings is 1. The van der Waals surface area contributed by atoms with Gasteiger partial charge in [0.2, 0.25) is 0 Å². The smallest absolute Gasteiger partial charge is 0.0339 e. The maximum atomic E-state index is 3.60. The monoisotopic (exact) mass is 202 g/mol. The number of hydrogen-bond donors (Lipinski definition) is 0. The lowest BCUT2D eigenvalue weighted by Crippen LogP contribution is -2.15. The fourth-order valence-electron chi connectivity index (χ4n) is 1.05. The van der Waals surface area contributed by atoms with Crippen LogP contribution in [0.2, 0.25) is 0 Å². The zero-order chi connectivity index (χ0) is 10.2. The Kier molecular flexibility index (Phi) is 4.73. The van der Waals surface area contributed by atoms with Crippen molar-refractivity contribution in [1.29, 1.82) is 0 Å². The second-order valence-electron chi connectivity index (χ2n) is 2.70. The van der Waals surface area contributed by atoms with E-state index in [1.807, 2.05) is 24.3 Å². The van der Waals surface area contributed by atoms with Crippen LogP contribution in [-0.4, -0.2) is 0 Å². The summed E-state index contributed by atoms with van der Waals surface area (Å²) < 4.78 is 1.30. The Balaban J connectivity index is 2.85. The summed E-state index contributed by atoms with van der Waals surface area (Å²) in [4.78, 5) is 0. The molecule has 1 aromatic heterocycles. The molecule has 0 amide bonds. The molecule has 72 valence electrons. The Labute approximate surface area is 88.9 Å². The molecule has 0 aliphatic rings. The van der Waals surface area contributed by atoms with Crippen molar-refractivity contribution in [1.82, 2.24) is 0 Å². The number of rotatable bonds is 3. The summed E-state index contributed by atoms with van der Waals surface area (Å²) >= 11 is 1.76. The van der Waals surface area contributed by atoms with Gasteiger partial charge in [0.15, 0.2) is 0 Å². The third-order valence-electron chi connectivity index (χ3n) is 1.76. The van der Waals surface area contributed by atoms with E-state index in [1.165, 1.54) is 9.75 Å². The van der Waals surface area contributed by atoms with Gasteiger partial charge in [0.05, 0.1) is 0 Å². The molecule has 0 atom stereocenters. The lowest BCUT2D eigenvalue weighted by atomic mass is 10.3. The summed E-state index contributed by atoms with van der Waals surface area (Å²) in [5.74, 6) is 0. The molecular weight excluding hydrogens is 188 g/mol. The van der Waals surface area contributed by atoms with Crippen molar-refractivity contribution in [2.24, 2.45) is 0 Å². The molecule has 0 N–H and O–H groups in total. The minimum Gasteiger partial charge on any atom is -0.144 e. The molecule has 1 rings (SSSR count). The molecule has 14 heavy (non-hydrogen) atoms. The predicted octanol–water partition coefficient (Wildman–Crippen LogP) is 2.63. The summed E-state index contributed by atoms with van der Waals surface area (Å²) in [6.45, 7) is 5.66. The third-order valence-corrected chi connectivity index (χ3v) is 2.65. The summed E-state index contributed by atoms with van der Waals surface area (Å²) in [6, 6.07) is 2.13. The first kappa shape index (κ1) is 10.7. The topological polar surface area (TPSA) is 0 Å². The fourth-order valence-corrected chi connectivity index (χ4v) is 1.89. The van der Waals surface area contributed by atoms with E-state index < -0.39 is 0 Å². The third kappa shape index (κ3) is 3.19. The zero-order valence-electron chi connectivity index (χ0n) is 8.31. The van der Waals surface area contributed by atoms with Crippen LogP contribution in [0, 0.1) is 0 Å². The van der Waals surface area contributed by atoms with Gasteiger partial charge in [-0.2, -0.15) is 0 Å². The minimum atomic E-state index is 1.30. The van der Waals surface area contributed by atoms with E-state index in [9.17, 15) is 0 Å². The zero-order valence-corrected chi connectivity index (χ0v) is 9.13. The van der Waals surface area contributed by atoms with Crippen molar-refractivity contribution in [3.63, 3.8) is 0 Å². The summed E-state index contributed by atoms with van der Waals surface area (Å²) in [6.07, 6.45) is 13.9. The highest BCUT2D eigenvalue weighted by atomic mass is 32.1. The molecule has 0 unspecified atom stereocenters. The van der Waals surface area contributed by atoms with E-state index in [0.717, 1.165) is 0 Å². The van der Waals surface area contributed by atoms with Gasteiger partial charge < -0.3 is 0 Å². The first-order valence-corrected chi connectivity index (χ1v) is 5.42. The van der Waals surface area contributed by atoms with Gasteiger partial charge >= 0.3 is 0 Å². The van der Waals surface area contributed by atoms with Crippen LogP contribution < -0.4 is 9.75 Å². The van der Waals surface area contributed by atoms with Gasteiger partial charge in [-0.3, -0.25) is 0 Å². The first-order chi connectivity index (χ1) is 6.88. The Bertz CT molecular complexity index is 444. The normalized spacial score (nSPS) is 14.6. The van der Waals surface area contributed by atoms with E-state index >= 15 is 0 Å². The van der Waals surface area contributed by atoms with Gasteiger partial charge in [-0.1, -0.05) is 43.0 Å². The van der Waals surface area contributed by atoms with Gasteiger partial charge in [-0.25, -0.2) is 0 Å². The van der Waals surface area contributed by atoms with Gasteiger partial charge in [0.25, 0.3) is 0 Å². The van der Waals surface area contributed by atoms with Gasteiger partial charge in [-0.05, 0) is 29.7 Å². The highest BCUT2D eigenvalue weighted by Gasteiger charge is 1.81. The lowest BCUT2D eigenvalue weighted by Gasteiger charge is -1.75. The standard InChI is InChI=1S/C13H14S/c1-3-5-6-7-8-9-13-12(4-2)10-11-14-13/h3-11H,1H2,2H3/b6-5-,8-7+,12-4+,13-9+. The summed E-state index contributed by atoms with van der Waals surface area (Å²) in [5.41, 5.74) is 0. The van der Waals surface area contributed by atoms with Crippen LogP contribution in [0.4, 0.5) is 0 Å². The van der Waals surface area contributed by atoms with Gasteiger partial charge in [0, 0.05) is 4.53 Å². The molecule has 0 radical (unpaired) electrons. The maximum absolute atomic E-state index is 3.60. The van der Waals surface area contributed by atoms with Crippen molar-refractivity contribution in [3.05, 3.63) is 58.2 Å². The molecule has 0 saturated heterocycles. The molecule has 0 nitrogen and oxygen atoms in total. The maximum Gasteiger partial charge on any atom is 0.0339 e. The minimum absolute atomic E-state index is 1.30. The highest BCUT2D eigenvalue weighted by Crippen LogP contribution is 1.84. The second kappa shape index (κ2) is 6.17. The van der Waals surface area contributed by atoms with Crippen LogP contribution in [0.1, 0.15) is 6.92 Å². The molecule has 0 aromatic carbocycles. The molecular formula is C13H14S. The van der Waals surface area contributed by atoms with Crippen LogP contribution >= 0.6 is 11.3 Å². The SMILES string of the molecule is C=C\C=C/C=C/C=c1/scc/c1=C\C. The first-order valence-electron chi connectivity index (χ1n) is 4.54. The van der Waals surface area contributed by atoms with Crippen molar-refractivity contribution in [2.45, 2.75) is 6.92 Å². The van der Waals surface area contributed by atoms with Crippen molar-refractivity contribution < 1.29 is 0 Å². The molecule has 1 heterocycles. The predicted molar refractivity (Wildman–Crippen MR) is 66.7 cm³/mol. The molecule has 0 aliphatic heterocycles. The summed E-state index contributed by atoms with van der Waals surface area (Å²) in [5, 5.41) is 3.40. The quantitative estimate of drug-likeness (QED) is 0.661. The van der Waals surface area contributed by atoms with Crippen molar-refractivity contribution >= 4 is 23.5 Å². The van der Waals surface area contributed by atoms with E-state index in [0.29, 0.717) is 0 Å².